The summed E-state index contributed by atoms with van der Waals surface area (Å²) in [5.41, 5.74) is 0. The molecule has 5 heteroatoms. The van der Waals surface area contributed by atoms with Crippen LogP contribution in [0, 0.1) is 0 Å². The Morgan fingerprint density at radius 1 is 1.36 bits per heavy atom. The van der Waals surface area contributed by atoms with Gasteiger partial charge in [0, 0.05) is 6.04 Å². The average Bonchev–Trinajstić information content (AvgIpc) is 2.18. The van der Waals surface area contributed by atoms with Crippen molar-refractivity contribution in [1.82, 2.24) is 5.32 Å². The van der Waals surface area contributed by atoms with E-state index in [0.29, 0.717) is 0 Å². The summed E-state index contributed by atoms with van der Waals surface area (Å²) in [4.78, 5) is 11.0. The monoisotopic (exact) mass is 203 g/mol. The lowest BCUT2D eigenvalue weighted by molar-refractivity contribution is 0.0979. The van der Waals surface area contributed by atoms with Gasteiger partial charge >= 0.3 is 6.09 Å². The Morgan fingerprint density at radius 3 is 2.57 bits per heavy atom. The van der Waals surface area contributed by atoms with Crippen molar-refractivity contribution in [3.8, 4) is 0 Å². The standard InChI is InChI=1S/C9H17NO4/c11-5-6-14-9(13)10-7-1-3-8(12)4-2-7/h7-8,11-12H,1-6H2,(H,10,13). The first-order valence-corrected chi connectivity index (χ1v) is 4.94. The van der Waals surface area contributed by atoms with Crippen LogP contribution in [0.1, 0.15) is 25.7 Å². The molecule has 1 saturated carbocycles. The fraction of sp³-hybridized carbons (Fsp3) is 0.889. The molecule has 0 aromatic heterocycles. The number of carbonyl (C=O) groups excluding carboxylic acids is 1. The first-order valence-electron chi connectivity index (χ1n) is 4.94. The highest BCUT2D eigenvalue weighted by atomic mass is 16.6. The van der Waals surface area contributed by atoms with Gasteiger partial charge in [0.1, 0.15) is 6.61 Å². The zero-order chi connectivity index (χ0) is 10.4. The molecule has 0 aliphatic heterocycles. The molecule has 0 aromatic carbocycles. The summed E-state index contributed by atoms with van der Waals surface area (Å²) in [6.07, 6.45) is 2.32. The second kappa shape index (κ2) is 5.82. The molecule has 0 atom stereocenters. The zero-order valence-corrected chi connectivity index (χ0v) is 8.11. The zero-order valence-electron chi connectivity index (χ0n) is 8.11. The number of rotatable bonds is 3. The Morgan fingerprint density at radius 2 is 2.00 bits per heavy atom. The Hall–Kier alpha value is -0.810. The predicted molar refractivity (Wildman–Crippen MR) is 49.8 cm³/mol. The van der Waals surface area contributed by atoms with Crippen molar-refractivity contribution >= 4 is 6.09 Å². The van der Waals surface area contributed by atoms with Crippen LogP contribution in [-0.4, -0.2) is 41.7 Å². The molecule has 0 aromatic rings. The van der Waals surface area contributed by atoms with Crippen LogP contribution in [0.25, 0.3) is 0 Å². The maximum atomic E-state index is 11.0. The van der Waals surface area contributed by atoms with Crippen LogP contribution in [0.5, 0.6) is 0 Å². The molecular formula is C9H17NO4. The van der Waals surface area contributed by atoms with Crippen molar-refractivity contribution in [3.05, 3.63) is 0 Å². The molecule has 0 spiro atoms. The number of alkyl carbamates (subject to hydrolysis) is 1. The van der Waals surface area contributed by atoms with Gasteiger partial charge in [0.2, 0.25) is 0 Å². The molecule has 1 rings (SSSR count). The molecule has 3 N–H and O–H groups in total. The predicted octanol–water partition coefficient (Wildman–Crippen LogP) is 0.00840. The van der Waals surface area contributed by atoms with Gasteiger partial charge in [-0.3, -0.25) is 0 Å². The molecule has 1 amide bonds. The van der Waals surface area contributed by atoms with Gasteiger partial charge in [-0.1, -0.05) is 0 Å². The Bertz CT molecular complexity index is 178. The van der Waals surface area contributed by atoms with Gasteiger partial charge in [-0.05, 0) is 25.7 Å². The minimum absolute atomic E-state index is 0.0289. The number of aliphatic hydroxyl groups excluding tert-OH is 2. The van der Waals surface area contributed by atoms with E-state index in [2.05, 4.69) is 10.1 Å². The molecule has 14 heavy (non-hydrogen) atoms. The van der Waals surface area contributed by atoms with Crippen molar-refractivity contribution in [2.24, 2.45) is 0 Å². The van der Waals surface area contributed by atoms with Crippen LogP contribution >= 0.6 is 0 Å². The smallest absolute Gasteiger partial charge is 0.407 e. The fourth-order valence-electron chi connectivity index (χ4n) is 1.57. The molecule has 1 aliphatic rings. The van der Waals surface area contributed by atoms with E-state index in [-0.39, 0.29) is 25.4 Å². The van der Waals surface area contributed by atoms with Crippen LogP contribution in [0.15, 0.2) is 0 Å². The molecule has 1 fully saturated rings. The fourth-order valence-corrected chi connectivity index (χ4v) is 1.57. The summed E-state index contributed by atoms with van der Waals surface area (Å²) in [6.45, 7) is -0.127. The lowest BCUT2D eigenvalue weighted by Gasteiger charge is -2.25. The minimum Gasteiger partial charge on any atom is -0.447 e. The lowest BCUT2D eigenvalue weighted by Crippen LogP contribution is -2.39. The maximum absolute atomic E-state index is 11.0. The first-order chi connectivity index (χ1) is 6.72. The van der Waals surface area contributed by atoms with E-state index in [0.717, 1.165) is 25.7 Å². The quantitative estimate of drug-likeness (QED) is 0.603. The number of aliphatic hydroxyl groups is 2. The topological polar surface area (TPSA) is 78.8 Å². The normalized spacial score (nSPS) is 27.0. The summed E-state index contributed by atoms with van der Waals surface area (Å²) >= 11 is 0. The number of amides is 1. The third kappa shape index (κ3) is 3.93. The summed E-state index contributed by atoms with van der Waals surface area (Å²) in [5, 5.41) is 20.3. The summed E-state index contributed by atoms with van der Waals surface area (Å²) in [5.74, 6) is 0. The molecular weight excluding hydrogens is 186 g/mol. The number of hydrogen-bond donors (Lipinski definition) is 3. The number of nitrogens with one attached hydrogen (secondary N) is 1. The third-order valence-electron chi connectivity index (χ3n) is 2.34. The maximum Gasteiger partial charge on any atom is 0.407 e. The second-order valence-electron chi connectivity index (χ2n) is 3.51. The summed E-state index contributed by atoms with van der Waals surface area (Å²) < 4.78 is 4.66. The highest BCUT2D eigenvalue weighted by molar-refractivity contribution is 5.67. The molecule has 0 radical (unpaired) electrons. The van der Waals surface area contributed by atoms with Crippen LogP contribution in [0.3, 0.4) is 0 Å². The van der Waals surface area contributed by atoms with E-state index in [4.69, 9.17) is 5.11 Å². The van der Waals surface area contributed by atoms with E-state index in [9.17, 15) is 9.90 Å². The van der Waals surface area contributed by atoms with Crippen molar-refractivity contribution in [2.75, 3.05) is 13.2 Å². The van der Waals surface area contributed by atoms with Gasteiger partial charge in [0.05, 0.1) is 12.7 Å². The Kier molecular flexibility index (Phi) is 4.69. The highest BCUT2D eigenvalue weighted by Crippen LogP contribution is 2.18. The molecule has 0 heterocycles. The SMILES string of the molecule is O=C(NC1CCC(O)CC1)OCCO. The van der Waals surface area contributed by atoms with Crippen LogP contribution in [0.4, 0.5) is 4.79 Å². The van der Waals surface area contributed by atoms with Gasteiger partial charge in [-0.2, -0.15) is 0 Å². The van der Waals surface area contributed by atoms with Gasteiger partial charge in [0.15, 0.2) is 0 Å². The molecule has 0 unspecified atom stereocenters. The summed E-state index contributed by atoms with van der Waals surface area (Å²) in [6, 6.07) is 0.101. The van der Waals surface area contributed by atoms with Crippen molar-refractivity contribution < 1.29 is 19.7 Å². The van der Waals surface area contributed by atoms with Crippen LogP contribution in [0.2, 0.25) is 0 Å². The lowest BCUT2D eigenvalue weighted by atomic mass is 9.93. The summed E-state index contributed by atoms with van der Waals surface area (Å²) in [7, 11) is 0. The van der Waals surface area contributed by atoms with E-state index >= 15 is 0 Å². The van der Waals surface area contributed by atoms with Crippen LogP contribution < -0.4 is 5.32 Å². The van der Waals surface area contributed by atoms with Crippen molar-refractivity contribution in [1.29, 1.82) is 0 Å². The second-order valence-corrected chi connectivity index (χ2v) is 3.51. The van der Waals surface area contributed by atoms with E-state index < -0.39 is 6.09 Å². The minimum atomic E-state index is -0.486. The number of carbonyl (C=O) groups is 1. The average molecular weight is 203 g/mol. The van der Waals surface area contributed by atoms with Crippen molar-refractivity contribution in [3.63, 3.8) is 0 Å². The van der Waals surface area contributed by atoms with E-state index in [1.165, 1.54) is 0 Å². The van der Waals surface area contributed by atoms with Gasteiger partial charge in [-0.15, -0.1) is 0 Å². The largest absolute Gasteiger partial charge is 0.447 e. The number of hydrogen-bond acceptors (Lipinski definition) is 4. The van der Waals surface area contributed by atoms with Crippen molar-refractivity contribution in [2.45, 2.75) is 37.8 Å². The van der Waals surface area contributed by atoms with Crippen LogP contribution in [-0.2, 0) is 4.74 Å². The molecule has 0 bridgehead atoms. The molecule has 0 saturated heterocycles. The Labute approximate surface area is 83.1 Å². The van der Waals surface area contributed by atoms with Gasteiger partial charge < -0.3 is 20.3 Å². The molecule has 5 nitrogen and oxygen atoms in total. The van der Waals surface area contributed by atoms with E-state index in [1.54, 1.807) is 0 Å². The molecule has 1 aliphatic carbocycles. The van der Waals surface area contributed by atoms with E-state index in [1.807, 2.05) is 0 Å². The molecule has 82 valence electrons. The van der Waals surface area contributed by atoms with Gasteiger partial charge in [0.25, 0.3) is 0 Å². The first kappa shape index (κ1) is 11.3. The third-order valence-corrected chi connectivity index (χ3v) is 2.34. The van der Waals surface area contributed by atoms with Gasteiger partial charge in [-0.25, -0.2) is 4.79 Å². The highest BCUT2D eigenvalue weighted by Gasteiger charge is 2.20. The Balaban J connectivity index is 2.14. The number of ether oxygens (including phenoxy) is 1.